The van der Waals surface area contributed by atoms with Gasteiger partial charge in [-0.15, -0.1) is 0 Å². The molecule has 0 fully saturated rings. The molecule has 0 unspecified atom stereocenters. The number of hydrogen-bond acceptors (Lipinski definition) is 4. The number of para-hydroxylation sites is 4. The predicted octanol–water partition coefficient (Wildman–Crippen LogP) is 10.6. The van der Waals surface area contributed by atoms with E-state index in [4.69, 9.17) is 15.0 Å². The number of imidazole rings is 1. The lowest BCUT2D eigenvalue weighted by Gasteiger charge is -2.13. The monoisotopic (exact) mass is 638 g/mol. The minimum Gasteiger partial charge on any atom is -0.292 e. The summed E-state index contributed by atoms with van der Waals surface area (Å²) in [6.45, 7) is 0. The van der Waals surface area contributed by atoms with Crippen molar-refractivity contribution in [2.75, 3.05) is 0 Å². The summed E-state index contributed by atoms with van der Waals surface area (Å²) in [4.78, 5) is 20.0. The van der Waals surface area contributed by atoms with E-state index in [1.807, 2.05) is 18.3 Å². The lowest BCUT2D eigenvalue weighted by Crippen LogP contribution is -2.03. The zero-order valence-corrected chi connectivity index (χ0v) is 26.7. The van der Waals surface area contributed by atoms with Crippen LogP contribution >= 0.6 is 0 Å². The largest absolute Gasteiger partial charge is 0.292 e. The van der Waals surface area contributed by atoms with Gasteiger partial charge in [0.1, 0.15) is 5.65 Å². The Balaban J connectivity index is 1.23. The smallest absolute Gasteiger partial charge is 0.235 e. The van der Waals surface area contributed by atoms with Crippen LogP contribution in [0.1, 0.15) is 0 Å². The highest BCUT2D eigenvalue weighted by Gasteiger charge is 2.20. The van der Waals surface area contributed by atoms with Gasteiger partial charge in [0.25, 0.3) is 0 Å². The molecule has 11 aromatic rings. The maximum atomic E-state index is 5.37. The molecular weight excluding hydrogens is 613 g/mol. The molecule has 0 bridgehead atoms. The Labute approximate surface area is 285 Å². The standard InChI is InChI=1S/C44H26N6/c1-2-13-32-30(11-1)34-24-35-31-12-4-7-17-38(31)50(41(35)25-40(34)49-39-18-8-6-16-37(39)46-43(32)49)44-47-36-15-5-3-14-33(36)42(48-44)28-21-19-27(20-22-28)29-10-9-23-45-26-29/h1-26H. The average molecular weight is 639 g/mol. The molecule has 0 aliphatic carbocycles. The van der Waals surface area contributed by atoms with Crippen LogP contribution in [0.15, 0.2) is 158 Å². The van der Waals surface area contributed by atoms with Crippen molar-refractivity contribution < 1.29 is 0 Å². The topological polar surface area (TPSA) is 60.9 Å². The number of aromatic nitrogens is 6. The molecule has 11 rings (SSSR count). The first-order valence-electron chi connectivity index (χ1n) is 16.7. The quantitative estimate of drug-likeness (QED) is 0.181. The van der Waals surface area contributed by atoms with Crippen molar-refractivity contribution >= 4 is 71.1 Å². The van der Waals surface area contributed by atoms with Gasteiger partial charge in [0.15, 0.2) is 0 Å². The van der Waals surface area contributed by atoms with Gasteiger partial charge in [0.05, 0.1) is 38.8 Å². The summed E-state index contributed by atoms with van der Waals surface area (Å²) in [5, 5.41) is 6.82. The van der Waals surface area contributed by atoms with E-state index in [0.29, 0.717) is 5.95 Å². The van der Waals surface area contributed by atoms with E-state index in [1.165, 1.54) is 10.8 Å². The van der Waals surface area contributed by atoms with Gasteiger partial charge < -0.3 is 0 Å². The third-order valence-electron chi connectivity index (χ3n) is 9.99. The third-order valence-corrected chi connectivity index (χ3v) is 9.99. The lowest BCUT2D eigenvalue weighted by molar-refractivity contribution is 1.01. The predicted molar refractivity (Wildman–Crippen MR) is 204 cm³/mol. The van der Waals surface area contributed by atoms with E-state index >= 15 is 0 Å². The summed E-state index contributed by atoms with van der Waals surface area (Å²) < 4.78 is 4.54. The Morgan fingerprint density at radius 2 is 1.08 bits per heavy atom. The first-order chi connectivity index (χ1) is 24.8. The van der Waals surface area contributed by atoms with E-state index in [0.717, 1.165) is 82.7 Å². The highest BCUT2D eigenvalue weighted by Crippen LogP contribution is 2.39. The molecule has 0 aliphatic heterocycles. The van der Waals surface area contributed by atoms with Crippen molar-refractivity contribution in [2.24, 2.45) is 0 Å². The van der Waals surface area contributed by atoms with E-state index in [9.17, 15) is 0 Å². The first kappa shape index (κ1) is 27.1. The number of hydrogen-bond donors (Lipinski definition) is 0. The van der Waals surface area contributed by atoms with Crippen LogP contribution in [-0.4, -0.2) is 28.9 Å². The second-order valence-corrected chi connectivity index (χ2v) is 12.8. The van der Waals surface area contributed by atoms with Crippen LogP contribution in [0.4, 0.5) is 0 Å². The van der Waals surface area contributed by atoms with Crippen LogP contribution in [-0.2, 0) is 0 Å². The van der Waals surface area contributed by atoms with Crippen LogP contribution in [0.5, 0.6) is 0 Å². The minimum atomic E-state index is 0.633. The number of fused-ring (bicyclic) bond motifs is 12. The molecule has 6 aromatic carbocycles. The van der Waals surface area contributed by atoms with Crippen LogP contribution in [0, 0.1) is 0 Å². The van der Waals surface area contributed by atoms with Gasteiger partial charge in [-0.05, 0) is 59.0 Å². The molecular formula is C44H26N6. The summed E-state index contributed by atoms with van der Waals surface area (Å²) in [7, 11) is 0. The molecule has 0 saturated heterocycles. The van der Waals surface area contributed by atoms with E-state index < -0.39 is 0 Å². The lowest BCUT2D eigenvalue weighted by atomic mass is 10.0. The molecule has 0 radical (unpaired) electrons. The summed E-state index contributed by atoms with van der Waals surface area (Å²) in [6.07, 6.45) is 3.69. The second kappa shape index (κ2) is 10.3. The molecule has 5 heterocycles. The summed E-state index contributed by atoms with van der Waals surface area (Å²) in [5.74, 6) is 0.633. The minimum absolute atomic E-state index is 0.633. The SMILES string of the molecule is c1cncc(-c2ccc(-c3nc(-n4c5ccccc5c5cc6c7ccccc7c7nc8ccccc8n7c6cc54)nc4ccccc34)cc2)c1. The summed E-state index contributed by atoms with van der Waals surface area (Å²) in [5.41, 5.74) is 11.2. The van der Waals surface area contributed by atoms with E-state index in [1.54, 1.807) is 6.20 Å². The molecule has 0 atom stereocenters. The third kappa shape index (κ3) is 3.84. The maximum Gasteiger partial charge on any atom is 0.235 e. The molecule has 0 aliphatic rings. The number of benzene rings is 6. The second-order valence-electron chi connectivity index (χ2n) is 12.8. The molecule has 6 heteroatoms. The molecule has 5 aromatic heterocycles. The molecule has 50 heavy (non-hydrogen) atoms. The van der Waals surface area contributed by atoms with Gasteiger partial charge in [0.2, 0.25) is 5.95 Å². The fourth-order valence-corrected chi connectivity index (χ4v) is 7.72. The van der Waals surface area contributed by atoms with Gasteiger partial charge in [-0.1, -0.05) is 103 Å². The number of nitrogens with zero attached hydrogens (tertiary/aromatic N) is 6. The zero-order valence-electron chi connectivity index (χ0n) is 26.7. The van der Waals surface area contributed by atoms with Gasteiger partial charge >= 0.3 is 0 Å². The molecule has 0 N–H and O–H groups in total. The van der Waals surface area contributed by atoms with Crippen molar-refractivity contribution in [3.63, 3.8) is 0 Å². The first-order valence-corrected chi connectivity index (χ1v) is 16.7. The maximum absolute atomic E-state index is 5.37. The number of pyridine rings is 2. The zero-order chi connectivity index (χ0) is 32.8. The average Bonchev–Trinajstić information content (AvgIpc) is 3.74. The van der Waals surface area contributed by atoms with Gasteiger partial charge in [-0.25, -0.2) is 15.0 Å². The van der Waals surface area contributed by atoms with Crippen molar-refractivity contribution in [1.82, 2.24) is 28.9 Å². The Morgan fingerprint density at radius 3 is 1.90 bits per heavy atom. The fourth-order valence-electron chi connectivity index (χ4n) is 7.72. The molecule has 6 nitrogen and oxygen atoms in total. The fraction of sp³-hybridized carbons (Fsp3) is 0. The van der Waals surface area contributed by atoms with Crippen molar-refractivity contribution in [3.8, 4) is 28.3 Å². The van der Waals surface area contributed by atoms with Crippen molar-refractivity contribution in [2.45, 2.75) is 0 Å². The Morgan fingerprint density at radius 1 is 0.400 bits per heavy atom. The Kier molecular flexibility index (Phi) is 5.57. The van der Waals surface area contributed by atoms with Crippen LogP contribution in [0.3, 0.4) is 0 Å². The van der Waals surface area contributed by atoms with Crippen LogP contribution in [0.2, 0.25) is 0 Å². The normalized spacial score (nSPS) is 12.0. The number of rotatable bonds is 3. The Bertz CT molecular complexity index is 3140. The highest BCUT2D eigenvalue weighted by molar-refractivity contribution is 6.20. The van der Waals surface area contributed by atoms with Gasteiger partial charge in [-0.3, -0.25) is 14.0 Å². The van der Waals surface area contributed by atoms with Gasteiger partial charge in [0, 0.05) is 44.9 Å². The molecule has 232 valence electrons. The van der Waals surface area contributed by atoms with E-state index in [-0.39, 0.29) is 0 Å². The van der Waals surface area contributed by atoms with Crippen molar-refractivity contribution in [3.05, 3.63) is 158 Å². The Hall–Kier alpha value is -6.92. The van der Waals surface area contributed by atoms with Gasteiger partial charge in [-0.2, -0.15) is 0 Å². The summed E-state index contributed by atoms with van der Waals surface area (Å²) in [6, 6.07) is 51.1. The molecule has 0 spiro atoms. The van der Waals surface area contributed by atoms with Crippen LogP contribution in [0.25, 0.3) is 99.4 Å². The highest BCUT2D eigenvalue weighted by atomic mass is 15.2. The summed E-state index contributed by atoms with van der Waals surface area (Å²) >= 11 is 0. The van der Waals surface area contributed by atoms with Crippen molar-refractivity contribution in [1.29, 1.82) is 0 Å². The molecule has 0 saturated carbocycles. The van der Waals surface area contributed by atoms with Crippen LogP contribution < -0.4 is 0 Å². The van der Waals surface area contributed by atoms with E-state index in [2.05, 4.69) is 147 Å². The molecule has 0 amide bonds.